The third-order valence-corrected chi connectivity index (χ3v) is 8.30. The second-order valence-corrected chi connectivity index (χ2v) is 11.1. The van der Waals surface area contributed by atoms with Crippen molar-refractivity contribution in [2.75, 3.05) is 33.3 Å². The lowest BCUT2D eigenvalue weighted by Gasteiger charge is -2.39. The second-order valence-electron chi connectivity index (χ2n) is 11.1. The number of carbonyl (C=O) groups is 2. The van der Waals surface area contributed by atoms with E-state index in [1.165, 1.54) is 18.4 Å². The molecule has 192 valence electrons. The normalized spacial score (nSPS) is 20.5. The molecular formula is C30H39N3O3. The van der Waals surface area contributed by atoms with Gasteiger partial charge in [0.1, 0.15) is 5.75 Å². The van der Waals surface area contributed by atoms with Gasteiger partial charge in [0.2, 0.25) is 11.8 Å². The maximum absolute atomic E-state index is 12.9. The predicted molar refractivity (Wildman–Crippen MR) is 140 cm³/mol. The van der Waals surface area contributed by atoms with Crippen LogP contribution in [0.25, 0.3) is 0 Å². The minimum atomic E-state index is 0.0568. The maximum atomic E-state index is 12.9. The van der Waals surface area contributed by atoms with Gasteiger partial charge in [-0.25, -0.2) is 0 Å². The fraction of sp³-hybridized carbons (Fsp3) is 0.533. The van der Waals surface area contributed by atoms with Crippen LogP contribution in [-0.4, -0.2) is 54.9 Å². The Balaban J connectivity index is 1.12. The first-order valence-corrected chi connectivity index (χ1v) is 13.5. The third-order valence-electron chi connectivity index (χ3n) is 8.30. The summed E-state index contributed by atoms with van der Waals surface area (Å²) in [5.74, 6) is 1.90. The first-order valence-electron chi connectivity index (χ1n) is 13.5. The summed E-state index contributed by atoms with van der Waals surface area (Å²) in [6.07, 6.45) is 6.75. The van der Waals surface area contributed by atoms with E-state index >= 15 is 0 Å². The van der Waals surface area contributed by atoms with Crippen LogP contribution in [0.15, 0.2) is 54.6 Å². The zero-order valence-electron chi connectivity index (χ0n) is 21.5. The lowest BCUT2D eigenvalue weighted by molar-refractivity contribution is -0.128. The van der Waals surface area contributed by atoms with Crippen LogP contribution in [-0.2, 0) is 16.1 Å². The number of amides is 2. The van der Waals surface area contributed by atoms with E-state index in [1.807, 2.05) is 35.2 Å². The van der Waals surface area contributed by atoms with Gasteiger partial charge in [0.05, 0.1) is 13.2 Å². The van der Waals surface area contributed by atoms with Crippen LogP contribution in [0, 0.1) is 11.3 Å². The van der Waals surface area contributed by atoms with Gasteiger partial charge in [-0.3, -0.25) is 9.59 Å². The van der Waals surface area contributed by atoms with Crippen molar-refractivity contribution < 1.29 is 14.3 Å². The summed E-state index contributed by atoms with van der Waals surface area (Å²) in [5.41, 5.74) is 2.44. The SMILES string of the molecule is COc1ccc(CN2CC3(CCN(CC[C@H](NC(=O)CC4CC4)c4ccccc4)CC3)CC2=O)cc1. The standard InChI is InChI=1S/C30H39N3O3/c1-36-26-11-9-24(10-12-26)21-33-22-30(20-29(33)35)14-17-32(18-15-30)16-13-27(25-5-3-2-4-6-25)31-28(34)19-23-7-8-23/h2-6,9-12,23,27H,7-8,13-22H2,1H3,(H,31,34)/t27-/m0/s1. The number of nitrogens with zero attached hydrogens (tertiary/aromatic N) is 2. The van der Waals surface area contributed by atoms with Gasteiger partial charge in [-0.1, -0.05) is 42.5 Å². The molecule has 0 aromatic heterocycles. The first kappa shape index (κ1) is 24.8. The highest BCUT2D eigenvalue weighted by atomic mass is 16.5. The molecule has 1 saturated carbocycles. The van der Waals surface area contributed by atoms with Crippen molar-refractivity contribution in [1.82, 2.24) is 15.1 Å². The monoisotopic (exact) mass is 489 g/mol. The molecule has 3 fully saturated rings. The molecule has 1 atom stereocenters. The van der Waals surface area contributed by atoms with E-state index in [2.05, 4.69) is 34.5 Å². The lowest BCUT2D eigenvalue weighted by atomic mass is 9.77. The van der Waals surface area contributed by atoms with E-state index < -0.39 is 0 Å². The second kappa shape index (κ2) is 11.0. The van der Waals surface area contributed by atoms with Crippen LogP contribution in [0.3, 0.4) is 0 Å². The molecule has 2 heterocycles. The number of benzene rings is 2. The molecule has 3 aliphatic rings. The Hall–Kier alpha value is -2.86. The van der Waals surface area contributed by atoms with Crippen molar-refractivity contribution >= 4 is 11.8 Å². The van der Waals surface area contributed by atoms with Crippen molar-refractivity contribution in [3.05, 3.63) is 65.7 Å². The zero-order chi connectivity index (χ0) is 25.0. The van der Waals surface area contributed by atoms with Crippen LogP contribution in [0.4, 0.5) is 0 Å². The quantitative estimate of drug-likeness (QED) is 0.532. The largest absolute Gasteiger partial charge is 0.497 e. The molecule has 6 heteroatoms. The minimum absolute atomic E-state index is 0.0568. The molecule has 2 aromatic rings. The average Bonchev–Trinajstić information content (AvgIpc) is 3.66. The van der Waals surface area contributed by atoms with E-state index in [4.69, 9.17) is 4.74 Å². The summed E-state index contributed by atoms with van der Waals surface area (Å²) < 4.78 is 5.25. The van der Waals surface area contributed by atoms with E-state index in [0.717, 1.165) is 56.8 Å². The van der Waals surface area contributed by atoms with Crippen molar-refractivity contribution in [2.24, 2.45) is 11.3 Å². The number of rotatable bonds is 10. The number of likely N-dealkylation sites (tertiary alicyclic amines) is 2. The molecule has 2 aliphatic heterocycles. The van der Waals surface area contributed by atoms with E-state index in [0.29, 0.717) is 25.3 Å². The van der Waals surface area contributed by atoms with Crippen LogP contribution in [0.2, 0.25) is 0 Å². The molecule has 2 saturated heterocycles. The molecule has 1 spiro atoms. The van der Waals surface area contributed by atoms with Gasteiger partial charge in [-0.05, 0) is 79.8 Å². The number of piperidine rings is 1. The van der Waals surface area contributed by atoms with Gasteiger partial charge in [0.15, 0.2) is 0 Å². The molecule has 0 radical (unpaired) electrons. The molecule has 2 amide bonds. The highest BCUT2D eigenvalue weighted by Gasteiger charge is 2.44. The van der Waals surface area contributed by atoms with Gasteiger partial charge < -0.3 is 19.9 Å². The number of methoxy groups -OCH3 is 1. The average molecular weight is 490 g/mol. The number of hydrogen-bond acceptors (Lipinski definition) is 4. The Morgan fingerprint density at radius 2 is 1.81 bits per heavy atom. The summed E-state index contributed by atoms with van der Waals surface area (Å²) in [5, 5.41) is 3.31. The molecule has 0 bridgehead atoms. The van der Waals surface area contributed by atoms with E-state index in [1.54, 1.807) is 7.11 Å². The van der Waals surface area contributed by atoms with Crippen LogP contribution < -0.4 is 10.1 Å². The van der Waals surface area contributed by atoms with E-state index in [-0.39, 0.29) is 23.3 Å². The summed E-state index contributed by atoms with van der Waals surface area (Å²) in [4.78, 5) is 30.0. The fourth-order valence-electron chi connectivity index (χ4n) is 5.82. The molecule has 1 aliphatic carbocycles. The minimum Gasteiger partial charge on any atom is -0.497 e. The molecule has 36 heavy (non-hydrogen) atoms. The predicted octanol–water partition coefficient (Wildman–Crippen LogP) is 4.56. The molecule has 5 rings (SSSR count). The number of carbonyl (C=O) groups excluding carboxylic acids is 2. The fourth-order valence-corrected chi connectivity index (χ4v) is 5.82. The maximum Gasteiger partial charge on any atom is 0.223 e. The topological polar surface area (TPSA) is 61.9 Å². The Labute approximate surface area is 215 Å². The van der Waals surface area contributed by atoms with Gasteiger partial charge in [-0.15, -0.1) is 0 Å². The molecule has 0 unspecified atom stereocenters. The lowest BCUT2D eigenvalue weighted by Crippen LogP contribution is -2.42. The number of nitrogens with one attached hydrogen (secondary N) is 1. The van der Waals surface area contributed by atoms with Crippen LogP contribution in [0.1, 0.15) is 62.1 Å². The highest BCUT2D eigenvalue weighted by molar-refractivity contribution is 5.79. The van der Waals surface area contributed by atoms with Crippen molar-refractivity contribution in [3.63, 3.8) is 0 Å². The highest BCUT2D eigenvalue weighted by Crippen LogP contribution is 2.41. The number of ether oxygens (including phenoxy) is 1. The van der Waals surface area contributed by atoms with Crippen LogP contribution >= 0.6 is 0 Å². The summed E-state index contributed by atoms with van der Waals surface area (Å²) >= 11 is 0. The Kier molecular flexibility index (Phi) is 7.61. The van der Waals surface area contributed by atoms with Crippen molar-refractivity contribution in [2.45, 2.75) is 57.5 Å². The van der Waals surface area contributed by atoms with Gasteiger partial charge >= 0.3 is 0 Å². The number of hydrogen-bond donors (Lipinski definition) is 1. The Morgan fingerprint density at radius 3 is 2.47 bits per heavy atom. The Morgan fingerprint density at radius 1 is 1.08 bits per heavy atom. The van der Waals surface area contributed by atoms with E-state index in [9.17, 15) is 9.59 Å². The molecule has 6 nitrogen and oxygen atoms in total. The Bertz CT molecular complexity index is 1030. The van der Waals surface area contributed by atoms with Gasteiger partial charge in [0, 0.05) is 32.5 Å². The third kappa shape index (κ3) is 6.28. The van der Waals surface area contributed by atoms with Crippen molar-refractivity contribution in [1.29, 1.82) is 0 Å². The molecule has 2 aromatic carbocycles. The van der Waals surface area contributed by atoms with Gasteiger partial charge in [-0.2, -0.15) is 0 Å². The summed E-state index contributed by atoms with van der Waals surface area (Å²) in [7, 11) is 1.67. The van der Waals surface area contributed by atoms with Crippen molar-refractivity contribution in [3.8, 4) is 5.75 Å². The van der Waals surface area contributed by atoms with Crippen LogP contribution in [0.5, 0.6) is 5.75 Å². The van der Waals surface area contributed by atoms with Gasteiger partial charge in [0.25, 0.3) is 0 Å². The molecule has 1 N–H and O–H groups in total. The summed E-state index contributed by atoms with van der Waals surface area (Å²) in [6.45, 7) is 4.52. The smallest absolute Gasteiger partial charge is 0.223 e. The molecular weight excluding hydrogens is 450 g/mol. The first-order chi connectivity index (χ1) is 17.5. The summed E-state index contributed by atoms with van der Waals surface area (Å²) in [6, 6.07) is 18.4. The zero-order valence-corrected chi connectivity index (χ0v) is 21.5.